The number of aromatic amines is 1. The number of hydrogen-bond donors (Lipinski definition) is 1. The van der Waals surface area contributed by atoms with E-state index >= 15 is 0 Å². The molecule has 0 saturated heterocycles. The smallest absolute Gasteiger partial charge is 0.274 e. The Bertz CT molecular complexity index is 758. The SMILES string of the molecule is Cc1ncn2c1c(=O)[nH]c1ccc(F)nc12. The standard InChI is InChI=1S/C10H7FN4O/c1-5-8-10(16)13-6-2-3-7(11)14-9(6)15(8)4-12-5/h2-4H,1H3,(H,13,16). The Kier molecular flexibility index (Phi) is 1.62. The van der Waals surface area contributed by atoms with Crippen molar-refractivity contribution in [2.75, 3.05) is 0 Å². The number of pyridine rings is 1. The molecule has 0 unspecified atom stereocenters. The molecule has 0 aliphatic rings. The van der Waals surface area contributed by atoms with Crippen molar-refractivity contribution in [1.29, 1.82) is 0 Å². The molecule has 1 N–H and O–H groups in total. The van der Waals surface area contributed by atoms with E-state index in [1.54, 1.807) is 6.92 Å². The molecule has 0 aliphatic heterocycles. The van der Waals surface area contributed by atoms with Gasteiger partial charge >= 0.3 is 0 Å². The highest BCUT2D eigenvalue weighted by molar-refractivity contribution is 5.74. The predicted molar refractivity (Wildman–Crippen MR) is 55.8 cm³/mol. The number of fused-ring (bicyclic) bond motifs is 3. The Morgan fingerprint density at radius 3 is 3.06 bits per heavy atom. The molecule has 16 heavy (non-hydrogen) atoms. The third kappa shape index (κ3) is 1.06. The van der Waals surface area contributed by atoms with Crippen LogP contribution in [0.1, 0.15) is 5.69 Å². The summed E-state index contributed by atoms with van der Waals surface area (Å²) in [4.78, 5) is 22.1. The zero-order valence-corrected chi connectivity index (χ0v) is 8.36. The molecule has 3 aromatic heterocycles. The number of rotatable bonds is 0. The van der Waals surface area contributed by atoms with Gasteiger partial charge in [-0.25, -0.2) is 4.98 Å². The molecule has 80 valence electrons. The Labute approximate surface area is 88.6 Å². The number of hydrogen-bond acceptors (Lipinski definition) is 3. The maximum absolute atomic E-state index is 13.0. The number of aryl methyl sites for hydroxylation is 1. The summed E-state index contributed by atoms with van der Waals surface area (Å²) in [5.41, 5.74) is 1.57. The van der Waals surface area contributed by atoms with E-state index in [1.807, 2.05) is 0 Å². The van der Waals surface area contributed by atoms with E-state index in [1.165, 1.54) is 22.9 Å². The molecular weight excluding hydrogens is 211 g/mol. The lowest BCUT2D eigenvalue weighted by Crippen LogP contribution is -2.11. The van der Waals surface area contributed by atoms with Gasteiger partial charge < -0.3 is 4.98 Å². The van der Waals surface area contributed by atoms with E-state index in [0.29, 0.717) is 22.4 Å². The number of nitrogens with one attached hydrogen (secondary N) is 1. The number of H-pyrrole nitrogens is 1. The van der Waals surface area contributed by atoms with Crippen LogP contribution >= 0.6 is 0 Å². The number of halogens is 1. The minimum atomic E-state index is -0.591. The van der Waals surface area contributed by atoms with Gasteiger partial charge in [-0.05, 0) is 19.1 Å². The number of aromatic nitrogens is 4. The topological polar surface area (TPSA) is 63.1 Å². The lowest BCUT2D eigenvalue weighted by atomic mass is 10.3. The van der Waals surface area contributed by atoms with Gasteiger partial charge in [-0.3, -0.25) is 9.20 Å². The van der Waals surface area contributed by atoms with Crippen molar-refractivity contribution < 1.29 is 4.39 Å². The molecule has 0 atom stereocenters. The van der Waals surface area contributed by atoms with Gasteiger partial charge in [-0.1, -0.05) is 0 Å². The van der Waals surface area contributed by atoms with Gasteiger partial charge in [-0.15, -0.1) is 0 Å². The zero-order chi connectivity index (χ0) is 11.3. The first kappa shape index (κ1) is 9.02. The van der Waals surface area contributed by atoms with Gasteiger partial charge in [0.25, 0.3) is 5.56 Å². The average molecular weight is 218 g/mol. The monoisotopic (exact) mass is 218 g/mol. The fourth-order valence-electron chi connectivity index (χ4n) is 1.76. The van der Waals surface area contributed by atoms with Crippen LogP contribution < -0.4 is 5.56 Å². The Hall–Kier alpha value is -2.24. The lowest BCUT2D eigenvalue weighted by molar-refractivity contribution is 0.587. The van der Waals surface area contributed by atoms with Gasteiger partial charge in [0.05, 0.1) is 11.2 Å². The number of nitrogens with zero attached hydrogens (tertiary/aromatic N) is 3. The van der Waals surface area contributed by atoms with E-state index in [0.717, 1.165) is 0 Å². The molecule has 3 heterocycles. The Morgan fingerprint density at radius 2 is 2.25 bits per heavy atom. The second-order valence-corrected chi connectivity index (χ2v) is 3.51. The van der Waals surface area contributed by atoms with Crippen molar-refractivity contribution >= 4 is 16.7 Å². The van der Waals surface area contributed by atoms with Crippen LogP contribution in [-0.4, -0.2) is 19.4 Å². The summed E-state index contributed by atoms with van der Waals surface area (Å²) in [5, 5.41) is 0. The molecule has 5 nitrogen and oxygen atoms in total. The van der Waals surface area contributed by atoms with Gasteiger partial charge in [-0.2, -0.15) is 9.37 Å². The van der Waals surface area contributed by atoms with Crippen LogP contribution in [0.25, 0.3) is 16.7 Å². The van der Waals surface area contributed by atoms with Crippen LogP contribution in [0.3, 0.4) is 0 Å². The highest BCUT2D eigenvalue weighted by Gasteiger charge is 2.09. The summed E-state index contributed by atoms with van der Waals surface area (Å²) in [6.07, 6.45) is 1.47. The molecule has 6 heteroatoms. The second kappa shape index (κ2) is 2.88. The van der Waals surface area contributed by atoms with Crippen molar-refractivity contribution in [2.45, 2.75) is 6.92 Å². The largest absolute Gasteiger partial charge is 0.317 e. The second-order valence-electron chi connectivity index (χ2n) is 3.51. The first-order valence-electron chi connectivity index (χ1n) is 4.69. The quantitative estimate of drug-likeness (QED) is 0.573. The molecule has 0 radical (unpaired) electrons. The normalized spacial score (nSPS) is 11.4. The molecule has 0 fully saturated rings. The van der Waals surface area contributed by atoms with Crippen molar-refractivity contribution in [3.8, 4) is 0 Å². The maximum atomic E-state index is 13.0. The highest BCUT2D eigenvalue weighted by atomic mass is 19.1. The molecule has 3 rings (SSSR count). The van der Waals surface area contributed by atoms with E-state index in [4.69, 9.17) is 0 Å². The van der Waals surface area contributed by atoms with E-state index in [9.17, 15) is 9.18 Å². The first-order chi connectivity index (χ1) is 7.66. The highest BCUT2D eigenvalue weighted by Crippen LogP contribution is 2.11. The van der Waals surface area contributed by atoms with Crippen LogP contribution in [-0.2, 0) is 0 Å². The fourth-order valence-corrected chi connectivity index (χ4v) is 1.76. The molecule has 3 aromatic rings. The maximum Gasteiger partial charge on any atom is 0.274 e. The summed E-state index contributed by atoms with van der Waals surface area (Å²) in [7, 11) is 0. The molecule has 0 spiro atoms. The molecule has 0 bridgehead atoms. The zero-order valence-electron chi connectivity index (χ0n) is 8.36. The molecule has 0 aromatic carbocycles. The summed E-state index contributed by atoms with van der Waals surface area (Å²) in [5.74, 6) is -0.591. The van der Waals surface area contributed by atoms with Crippen LogP contribution in [0.4, 0.5) is 4.39 Å². The van der Waals surface area contributed by atoms with Crippen LogP contribution in [0.2, 0.25) is 0 Å². The molecule has 0 amide bonds. The summed E-state index contributed by atoms with van der Waals surface area (Å²) in [6.45, 7) is 1.72. The van der Waals surface area contributed by atoms with Gasteiger partial charge in [0, 0.05) is 0 Å². The summed E-state index contributed by atoms with van der Waals surface area (Å²) in [6, 6.07) is 2.68. The average Bonchev–Trinajstić information content (AvgIpc) is 2.63. The Balaban J connectivity index is 2.67. The molecular formula is C10H7FN4O. The lowest BCUT2D eigenvalue weighted by Gasteiger charge is -2.00. The molecule has 0 aliphatic carbocycles. The summed E-state index contributed by atoms with van der Waals surface area (Å²) >= 11 is 0. The van der Waals surface area contributed by atoms with Gasteiger partial charge in [0.15, 0.2) is 5.65 Å². The van der Waals surface area contributed by atoms with Gasteiger partial charge in [0.1, 0.15) is 11.8 Å². The van der Waals surface area contributed by atoms with Crippen molar-refractivity contribution in [3.63, 3.8) is 0 Å². The minimum Gasteiger partial charge on any atom is -0.317 e. The minimum absolute atomic E-state index is 0.254. The number of imidazole rings is 1. The third-order valence-corrected chi connectivity index (χ3v) is 2.48. The van der Waals surface area contributed by atoms with Crippen LogP contribution in [0.5, 0.6) is 0 Å². The summed E-state index contributed by atoms with van der Waals surface area (Å²) < 4.78 is 14.5. The predicted octanol–water partition coefficient (Wildman–Crippen LogP) is 1.02. The van der Waals surface area contributed by atoms with E-state index in [2.05, 4.69) is 15.0 Å². The van der Waals surface area contributed by atoms with Crippen molar-refractivity contribution in [2.24, 2.45) is 0 Å². The van der Waals surface area contributed by atoms with E-state index in [-0.39, 0.29) is 5.56 Å². The van der Waals surface area contributed by atoms with Crippen LogP contribution in [0, 0.1) is 12.9 Å². The third-order valence-electron chi connectivity index (χ3n) is 2.48. The van der Waals surface area contributed by atoms with Crippen LogP contribution in [0.15, 0.2) is 23.3 Å². The van der Waals surface area contributed by atoms with Crippen molar-refractivity contribution in [3.05, 3.63) is 40.5 Å². The fraction of sp³-hybridized carbons (Fsp3) is 0.100. The van der Waals surface area contributed by atoms with Gasteiger partial charge in [0.2, 0.25) is 5.95 Å². The first-order valence-corrected chi connectivity index (χ1v) is 4.69. The van der Waals surface area contributed by atoms with Crippen molar-refractivity contribution in [1.82, 2.24) is 19.4 Å². The van der Waals surface area contributed by atoms with E-state index < -0.39 is 5.95 Å². The molecule has 0 saturated carbocycles. The Morgan fingerprint density at radius 1 is 1.44 bits per heavy atom.